The number of rotatable bonds is 3. The zero-order valence-corrected chi connectivity index (χ0v) is 10.5. The van der Waals surface area contributed by atoms with E-state index < -0.39 is 0 Å². The Hall–Kier alpha value is -1.65. The van der Waals surface area contributed by atoms with Gasteiger partial charge < -0.3 is 5.32 Å². The lowest BCUT2D eigenvalue weighted by Gasteiger charge is -2.21. The second kappa shape index (κ2) is 6.33. The molecule has 1 heterocycles. The fraction of sp³-hybridized carbons (Fsp3) is 0.615. The first-order valence-electron chi connectivity index (χ1n) is 6.63. The van der Waals surface area contributed by atoms with Gasteiger partial charge in [-0.3, -0.25) is 10.1 Å². The van der Waals surface area contributed by atoms with Gasteiger partial charge in [0, 0.05) is 18.3 Å². The quantitative estimate of drug-likeness (QED) is 0.657. The van der Waals surface area contributed by atoms with Crippen LogP contribution in [0.25, 0.3) is 0 Å². The zero-order chi connectivity index (χ0) is 12.8. The van der Waals surface area contributed by atoms with E-state index in [0.717, 1.165) is 12.8 Å². The highest BCUT2D eigenvalue weighted by Crippen LogP contribution is 2.21. The Morgan fingerprint density at radius 2 is 1.89 bits per heavy atom. The summed E-state index contributed by atoms with van der Waals surface area (Å²) in [5, 5.41) is 14.0. The molecule has 18 heavy (non-hydrogen) atoms. The third-order valence-corrected chi connectivity index (χ3v) is 3.41. The molecule has 0 unspecified atom stereocenters. The van der Waals surface area contributed by atoms with Crippen LogP contribution in [0, 0.1) is 10.1 Å². The molecular weight excluding hydrogens is 230 g/mol. The van der Waals surface area contributed by atoms with Gasteiger partial charge in [0.1, 0.15) is 5.82 Å². The first-order valence-corrected chi connectivity index (χ1v) is 6.63. The van der Waals surface area contributed by atoms with Crippen molar-refractivity contribution in [3.05, 3.63) is 28.4 Å². The number of pyridine rings is 1. The second-order valence-electron chi connectivity index (χ2n) is 4.84. The van der Waals surface area contributed by atoms with Crippen LogP contribution < -0.4 is 5.32 Å². The van der Waals surface area contributed by atoms with Gasteiger partial charge in [-0.1, -0.05) is 32.1 Å². The molecular formula is C13H19N3O2. The van der Waals surface area contributed by atoms with E-state index in [1.54, 1.807) is 0 Å². The molecule has 0 aliphatic heterocycles. The maximum Gasteiger partial charge on any atom is 0.274 e. The fourth-order valence-corrected chi connectivity index (χ4v) is 2.42. The topological polar surface area (TPSA) is 68.1 Å². The normalized spacial score (nSPS) is 17.8. The summed E-state index contributed by atoms with van der Waals surface area (Å²) in [7, 11) is 0. The highest BCUT2D eigenvalue weighted by atomic mass is 16.6. The Morgan fingerprint density at radius 1 is 1.22 bits per heavy atom. The molecule has 5 heteroatoms. The minimum absolute atomic E-state index is 0.0957. The van der Waals surface area contributed by atoms with E-state index in [2.05, 4.69) is 10.3 Å². The summed E-state index contributed by atoms with van der Waals surface area (Å²) in [4.78, 5) is 14.5. The van der Waals surface area contributed by atoms with Gasteiger partial charge in [-0.05, 0) is 12.8 Å². The molecule has 0 amide bonds. The maximum atomic E-state index is 10.7. The highest BCUT2D eigenvalue weighted by Gasteiger charge is 2.13. The highest BCUT2D eigenvalue weighted by molar-refractivity contribution is 5.44. The number of hydrogen-bond acceptors (Lipinski definition) is 4. The maximum absolute atomic E-state index is 10.7. The lowest BCUT2D eigenvalue weighted by atomic mass is 9.97. The van der Waals surface area contributed by atoms with Crippen LogP contribution in [0.2, 0.25) is 0 Å². The van der Waals surface area contributed by atoms with E-state index in [4.69, 9.17) is 0 Å². The van der Waals surface area contributed by atoms with Crippen LogP contribution in [0.5, 0.6) is 0 Å². The Bertz CT molecular complexity index is 401. The van der Waals surface area contributed by atoms with E-state index in [-0.39, 0.29) is 10.6 Å². The molecule has 98 valence electrons. The Kier molecular flexibility index (Phi) is 4.50. The third kappa shape index (κ3) is 3.68. The van der Waals surface area contributed by atoms with Crippen molar-refractivity contribution in [3.8, 4) is 0 Å². The molecule has 1 aliphatic rings. The predicted molar refractivity (Wildman–Crippen MR) is 70.6 cm³/mol. The lowest BCUT2D eigenvalue weighted by molar-refractivity contribution is -0.384. The van der Waals surface area contributed by atoms with Crippen molar-refractivity contribution >= 4 is 11.5 Å². The summed E-state index contributed by atoms with van der Waals surface area (Å²) >= 11 is 0. The van der Waals surface area contributed by atoms with Crippen LogP contribution in [0.4, 0.5) is 11.5 Å². The summed E-state index contributed by atoms with van der Waals surface area (Å²) in [6, 6.07) is 3.34. The molecule has 0 atom stereocenters. The molecule has 0 bridgehead atoms. The van der Waals surface area contributed by atoms with Crippen molar-refractivity contribution in [3.63, 3.8) is 0 Å². The largest absolute Gasteiger partial charge is 0.367 e. The first kappa shape index (κ1) is 12.8. The fourth-order valence-electron chi connectivity index (χ4n) is 2.42. The van der Waals surface area contributed by atoms with E-state index in [0.29, 0.717) is 11.9 Å². The van der Waals surface area contributed by atoms with Crippen molar-refractivity contribution in [2.75, 3.05) is 5.32 Å². The monoisotopic (exact) mass is 249 g/mol. The Morgan fingerprint density at radius 3 is 2.56 bits per heavy atom. The number of hydrogen-bond donors (Lipinski definition) is 1. The van der Waals surface area contributed by atoms with Gasteiger partial charge in [0.2, 0.25) is 0 Å². The van der Waals surface area contributed by atoms with E-state index in [1.807, 2.05) is 0 Å². The summed E-state index contributed by atoms with van der Waals surface area (Å²) in [5.41, 5.74) is 0.0957. The van der Waals surface area contributed by atoms with Gasteiger partial charge in [0.05, 0.1) is 11.0 Å². The Labute approximate surface area is 107 Å². The molecule has 5 nitrogen and oxygen atoms in total. The predicted octanol–water partition coefficient (Wildman–Crippen LogP) is 3.51. The van der Waals surface area contributed by atoms with E-state index in [1.165, 1.54) is 50.4 Å². The van der Waals surface area contributed by atoms with Crippen LogP contribution >= 0.6 is 0 Å². The molecule has 1 saturated carbocycles. The molecule has 0 saturated heterocycles. The number of nitro groups is 1. The van der Waals surface area contributed by atoms with Crippen LogP contribution in [-0.4, -0.2) is 15.9 Å². The van der Waals surface area contributed by atoms with Crippen molar-refractivity contribution in [1.82, 2.24) is 4.98 Å². The lowest BCUT2D eigenvalue weighted by Crippen LogP contribution is -2.21. The zero-order valence-electron chi connectivity index (χ0n) is 10.5. The van der Waals surface area contributed by atoms with Crippen molar-refractivity contribution in [2.24, 2.45) is 0 Å². The van der Waals surface area contributed by atoms with Crippen molar-refractivity contribution in [2.45, 2.75) is 51.0 Å². The standard InChI is InChI=1S/C13H19N3O2/c17-16(18)12-8-9-14-13(10-12)15-11-6-4-2-1-3-5-7-11/h8-11H,1-7H2,(H,14,15). The smallest absolute Gasteiger partial charge is 0.274 e. The first-order chi connectivity index (χ1) is 8.75. The number of nitrogens with zero attached hydrogens (tertiary/aromatic N) is 2. The number of aromatic nitrogens is 1. The third-order valence-electron chi connectivity index (χ3n) is 3.41. The van der Waals surface area contributed by atoms with Crippen LogP contribution in [0.3, 0.4) is 0 Å². The van der Waals surface area contributed by atoms with Gasteiger partial charge >= 0.3 is 0 Å². The summed E-state index contributed by atoms with van der Waals surface area (Å²) in [6.07, 6.45) is 10.1. The minimum atomic E-state index is -0.384. The van der Waals surface area contributed by atoms with E-state index >= 15 is 0 Å². The average Bonchev–Trinajstić information content (AvgIpc) is 2.33. The molecule has 1 fully saturated rings. The van der Waals surface area contributed by atoms with Gasteiger partial charge in [0.25, 0.3) is 5.69 Å². The molecule has 1 N–H and O–H groups in total. The molecule has 1 aromatic heterocycles. The Balaban J connectivity index is 1.98. The summed E-state index contributed by atoms with van der Waals surface area (Å²) in [6.45, 7) is 0. The molecule has 1 aromatic rings. The van der Waals surface area contributed by atoms with E-state index in [9.17, 15) is 10.1 Å². The molecule has 1 aliphatic carbocycles. The second-order valence-corrected chi connectivity index (χ2v) is 4.84. The van der Waals surface area contributed by atoms with Crippen molar-refractivity contribution in [1.29, 1.82) is 0 Å². The molecule has 0 radical (unpaired) electrons. The van der Waals surface area contributed by atoms with Gasteiger partial charge in [-0.25, -0.2) is 4.98 Å². The molecule has 0 spiro atoms. The average molecular weight is 249 g/mol. The van der Waals surface area contributed by atoms with Gasteiger partial charge in [0.15, 0.2) is 0 Å². The van der Waals surface area contributed by atoms with Crippen LogP contribution in [-0.2, 0) is 0 Å². The van der Waals surface area contributed by atoms with Crippen LogP contribution in [0.15, 0.2) is 18.3 Å². The minimum Gasteiger partial charge on any atom is -0.367 e. The van der Waals surface area contributed by atoms with Crippen molar-refractivity contribution < 1.29 is 4.92 Å². The SMILES string of the molecule is O=[N+]([O-])c1ccnc(NC2CCCCCCC2)c1. The number of anilines is 1. The summed E-state index contributed by atoms with van der Waals surface area (Å²) < 4.78 is 0. The molecule has 0 aromatic carbocycles. The van der Waals surface area contributed by atoms with Crippen LogP contribution in [0.1, 0.15) is 44.9 Å². The summed E-state index contributed by atoms with van der Waals surface area (Å²) in [5.74, 6) is 0.620. The van der Waals surface area contributed by atoms with Gasteiger partial charge in [-0.15, -0.1) is 0 Å². The number of nitrogens with one attached hydrogen (secondary N) is 1. The van der Waals surface area contributed by atoms with Gasteiger partial charge in [-0.2, -0.15) is 0 Å². The molecule has 2 rings (SSSR count).